The second kappa shape index (κ2) is 3.46. The van der Waals surface area contributed by atoms with Crippen LogP contribution in [0.1, 0.15) is 25.4 Å². The Kier molecular flexibility index (Phi) is 2.15. The molecule has 0 N–H and O–H groups in total. The molecule has 0 bridgehead atoms. The van der Waals surface area contributed by atoms with Gasteiger partial charge in [0.25, 0.3) is 0 Å². The van der Waals surface area contributed by atoms with Crippen molar-refractivity contribution < 1.29 is 0 Å². The lowest BCUT2D eigenvalue weighted by molar-refractivity contribution is 0.818. The average Bonchev–Trinajstić information content (AvgIpc) is 2.60. The summed E-state index contributed by atoms with van der Waals surface area (Å²) in [4.78, 5) is 0. The topological polar surface area (TPSA) is 43.1 Å². The van der Waals surface area contributed by atoms with E-state index in [-0.39, 0.29) is 0 Å². The standard InChI is InChI=1S/C10H10N4/c1-3-5-8-6-7-10-12-11-9(4-2)14(10)13-8/h6-7H,4H2,1-2H3. The van der Waals surface area contributed by atoms with Crippen LogP contribution in [0.3, 0.4) is 0 Å². The second-order valence-corrected chi connectivity index (χ2v) is 2.83. The Morgan fingerprint density at radius 1 is 1.36 bits per heavy atom. The molecule has 0 fully saturated rings. The van der Waals surface area contributed by atoms with Gasteiger partial charge in [0.05, 0.1) is 0 Å². The van der Waals surface area contributed by atoms with Crippen molar-refractivity contribution in [2.24, 2.45) is 0 Å². The zero-order valence-electron chi connectivity index (χ0n) is 8.15. The van der Waals surface area contributed by atoms with Crippen molar-refractivity contribution in [3.63, 3.8) is 0 Å². The molecule has 70 valence electrons. The van der Waals surface area contributed by atoms with Crippen molar-refractivity contribution >= 4 is 5.65 Å². The number of aromatic nitrogens is 4. The molecule has 2 heterocycles. The molecular weight excluding hydrogens is 176 g/mol. The number of rotatable bonds is 1. The van der Waals surface area contributed by atoms with E-state index < -0.39 is 0 Å². The first-order chi connectivity index (χ1) is 6.85. The minimum atomic E-state index is 0.745. The molecule has 2 aromatic rings. The quantitative estimate of drug-likeness (QED) is 0.625. The lowest BCUT2D eigenvalue weighted by Gasteiger charge is -1.95. The van der Waals surface area contributed by atoms with Gasteiger partial charge in [-0.2, -0.15) is 9.61 Å². The fraction of sp³-hybridized carbons (Fsp3) is 0.300. The van der Waals surface area contributed by atoms with Crippen LogP contribution in [-0.4, -0.2) is 19.8 Å². The maximum Gasteiger partial charge on any atom is 0.177 e. The first kappa shape index (κ1) is 8.70. The van der Waals surface area contributed by atoms with E-state index in [2.05, 4.69) is 27.1 Å². The van der Waals surface area contributed by atoms with Crippen LogP contribution in [0, 0.1) is 11.8 Å². The van der Waals surface area contributed by atoms with Gasteiger partial charge in [-0.25, -0.2) is 0 Å². The van der Waals surface area contributed by atoms with Gasteiger partial charge in [0, 0.05) is 6.42 Å². The molecule has 0 atom stereocenters. The molecule has 0 aliphatic carbocycles. The van der Waals surface area contributed by atoms with Crippen LogP contribution in [-0.2, 0) is 6.42 Å². The lowest BCUT2D eigenvalue weighted by Crippen LogP contribution is -1.99. The first-order valence-electron chi connectivity index (χ1n) is 4.49. The maximum atomic E-state index is 4.31. The van der Waals surface area contributed by atoms with Crippen molar-refractivity contribution in [3.05, 3.63) is 23.7 Å². The SMILES string of the molecule is CC#Cc1ccc2nnc(CC)n2n1. The van der Waals surface area contributed by atoms with Crippen LogP contribution in [0.2, 0.25) is 0 Å². The largest absolute Gasteiger partial charge is 0.196 e. The number of hydrogen-bond donors (Lipinski definition) is 0. The smallest absolute Gasteiger partial charge is 0.177 e. The van der Waals surface area contributed by atoms with Gasteiger partial charge in [0.15, 0.2) is 11.5 Å². The number of fused-ring (bicyclic) bond motifs is 1. The summed E-state index contributed by atoms with van der Waals surface area (Å²) in [5.74, 6) is 6.58. The summed E-state index contributed by atoms with van der Waals surface area (Å²) in [6.07, 6.45) is 0.817. The maximum absolute atomic E-state index is 4.31. The van der Waals surface area contributed by atoms with Gasteiger partial charge in [0.1, 0.15) is 5.69 Å². The number of aryl methyl sites for hydroxylation is 1. The minimum absolute atomic E-state index is 0.745. The molecular formula is C10H10N4. The van der Waals surface area contributed by atoms with Crippen molar-refractivity contribution in [2.45, 2.75) is 20.3 Å². The Bertz CT molecular complexity index is 516. The summed E-state index contributed by atoms with van der Waals surface area (Å²) in [6, 6.07) is 3.72. The third-order valence-electron chi connectivity index (χ3n) is 1.90. The Morgan fingerprint density at radius 2 is 2.21 bits per heavy atom. The van der Waals surface area contributed by atoms with E-state index in [1.165, 1.54) is 0 Å². The van der Waals surface area contributed by atoms with Gasteiger partial charge in [-0.1, -0.05) is 12.8 Å². The van der Waals surface area contributed by atoms with Gasteiger partial charge < -0.3 is 0 Å². The molecule has 0 amide bonds. The molecule has 4 nitrogen and oxygen atoms in total. The van der Waals surface area contributed by atoms with Crippen molar-refractivity contribution in [1.29, 1.82) is 0 Å². The fourth-order valence-electron chi connectivity index (χ4n) is 1.25. The molecule has 0 spiro atoms. The van der Waals surface area contributed by atoms with Gasteiger partial charge >= 0.3 is 0 Å². The van der Waals surface area contributed by atoms with Crippen LogP contribution in [0.15, 0.2) is 12.1 Å². The highest BCUT2D eigenvalue weighted by atomic mass is 15.4. The second-order valence-electron chi connectivity index (χ2n) is 2.83. The normalized spacial score (nSPS) is 9.86. The van der Waals surface area contributed by atoms with Crippen molar-refractivity contribution in [1.82, 2.24) is 19.8 Å². The molecule has 4 heteroatoms. The predicted molar refractivity (Wildman–Crippen MR) is 52.7 cm³/mol. The molecule has 0 aromatic carbocycles. The first-order valence-corrected chi connectivity index (χ1v) is 4.49. The van der Waals surface area contributed by atoms with Gasteiger partial charge in [-0.05, 0) is 25.0 Å². The zero-order chi connectivity index (χ0) is 9.97. The average molecular weight is 186 g/mol. The molecule has 0 saturated carbocycles. The van der Waals surface area contributed by atoms with Crippen LogP contribution < -0.4 is 0 Å². The highest BCUT2D eigenvalue weighted by Crippen LogP contribution is 2.02. The van der Waals surface area contributed by atoms with E-state index in [0.29, 0.717) is 0 Å². The highest BCUT2D eigenvalue weighted by molar-refractivity contribution is 5.39. The summed E-state index contributed by atoms with van der Waals surface area (Å²) in [6.45, 7) is 3.81. The van der Waals surface area contributed by atoms with E-state index >= 15 is 0 Å². The third-order valence-corrected chi connectivity index (χ3v) is 1.90. The van der Waals surface area contributed by atoms with E-state index in [1.54, 1.807) is 11.4 Å². The fourth-order valence-corrected chi connectivity index (χ4v) is 1.25. The molecule has 0 aliphatic heterocycles. The van der Waals surface area contributed by atoms with Crippen LogP contribution in [0.4, 0.5) is 0 Å². The van der Waals surface area contributed by atoms with Crippen LogP contribution in [0.25, 0.3) is 5.65 Å². The van der Waals surface area contributed by atoms with E-state index in [4.69, 9.17) is 0 Å². The Labute approximate surface area is 82.0 Å². The monoisotopic (exact) mass is 186 g/mol. The molecule has 0 unspecified atom stereocenters. The number of nitrogens with zero attached hydrogens (tertiary/aromatic N) is 4. The zero-order valence-corrected chi connectivity index (χ0v) is 8.15. The minimum Gasteiger partial charge on any atom is -0.196 e. The van der Waals surface area contributed by atoms with Gasteiger partial charge in [-0.3, -0.25) is 0 Å². The van der Waals surface area contributed by atoms with Crippen molar-refractivity contribution in [2.75, 3.05) is 0 Å². The summed E-state index contributed by atoms with van der Waals surface area (Å²) >= 11 is 0. The molecule has 0 aliphatic rings. The molecule has 0 saturated heterocycles. The predicted octanol–water partition coefficient (Wildman–Crippen LogP) is 1.06. The van der Waals surface area contributed by atoms with Gasteiger partial charge in [0.2, 0.25) is 0 Å². The lowest BCUT2D eigenvalue weighted by atomic mass is 10.4. The number of hydrogen-bond acceptors (Lipinski definition) is 3. The van der Waals surface area contributed by atoms with E-state index in [0.717, 1.165) is 23.6 Å². The summed E-state index contributed by atoms with van der Waals surface area (Å²) in [5, 5.41) is 12.3. The van der Waals surface area contributed by atoms with Crippen LogP contribution in [0.5, 0.6) is 0 Å². The van der Waals surface area contributed by atoms with Gasteiger partial charge in [-0.15, -0.1) is 10.2 Å². The molecule has 2 rings (SSSR count). The third kappa shape index (κ3) is 1.33. The Balaban J connectivity index is 2.65. The van der Waals surface area contributed by atoms with Crippen molar-refractivity contribution in [3.8, 4) is 11.8 Å². The summed E-state index contributed by atoms with van der Waals surface area (Å²) < 4.78 is 1.74. The highest BCUT2D eigenvalue weighted by Gasteiger charge is 2.03. The summed E-state index contributed by atoms with van der Waals surface area (Å²) in [5.41, 5.74) is 1.51. The summed E-state index contributed by atoms with van der Waals surface area (Å²) in [7, 11) is 0. The molecule has 2 aromatic heterocycles. The Morgan fingerprint density at radius 3 is 2.93 bits per heavy atom. The van der Waals surface area contributed by atoms with E-state index in [9.17, 15) is 0 Å². The molecule has 0 radical (unpaired) electrons. The molecule has 14 heavy (non-hydrogen) atoms. The van der Waals surface area contributed by atoms with E-state index in [1.807, 2.05) is 19.1 Å². The Hall–Kier alpha value is -1.89. The van der Waals surface area contributed by atoms with Crippen LogP contribution >= 0.6 is 0 Å².